The van der Waals surface area contributed by atoms with Gasteiger partial charge in [-0.15, -0.1) is 11.3 Å². The predicted molar refractivity (Wildman–Crippen MR) is 64.2 cm³/mol. The van der Waals surface area contributed by atoms with Crippen molar-refractivity contribution in [2.45, 2.75) is 19.8 Å². The molecule has 1 aromatic heterocycles. The molecule has 6 heteroatoms. The van der Waals surface area contributed by atoms with Crippen molar-refractivity contribution in [3.8, 4) is 0 Å². The van der Waals surface area contributed by atoms with Crippen molar-refractivity contribution in [3.63, 3.8) is 0 Å². The molecule has 5 nitrogen and oxygen atoms in total. The average molecular weight is 243 g/mol. The smallest absolute Gasteiger partial charge is 0.228 e. The molecule has 90 valence electrons. The number of rotatable bonds is 6. The third-order valence-corrected chi connectivity index (χ3v) is 2.84. The fourth-order valence-corrected chi connectivity index (χ4v) is 1.99. The first-order valence-corrected chi connectivity index (χ1v) is 6.13. The lowest BCUT2D eigenvalue weighted by Gasteiger charge is -2.20. The van der Waals surface area contributed by atoms with Crippen LogP contribution in [0.3, 0.4) is 0 Å². The van der Waals surface area contributed by atoms with E-state index in [2.05, 4.69) is 4.98 Å². The third kappa shape index (κ3) is 3.79. The van der Waals surface area contributed by atoms with E-state index in [1.807, 2.05) is 6.92 Å². The van der Waals surface area contributed by atoms with Crippen molar-refractivity contribution in [3.05, 3.63) is 11.1 Å². The van der Waals surface area contributed by atoms with Gasteiger partial charge in [0.1, 0.15) is 0 Å². The Kier molecular flexibility index (Phi) is 5.21. The number of carbonyl (C=O) groups excluding carboxylic acids is 1. The third-order valence-electron chi connectivity index (χ3n) is 2.12. The first-order chi connectivity index (χ1) is 7.67. The van der Waals surface area contributed by atoms with Crippen LogP contribution in [-0.2, 0) is 11.2 Å². The van der Waals surface area contributed by atoms with Gasteiger partial charge in [0, 0.05) is 18.5 Å². The summed E-state index contributed by atoms with van der Waals surface area (Å²) in [4.78, 5) is 17.5. The number of nitrogens with two attached hydrogens (primary N) is 1. The summed E-state index contributed by atoms with van der Waals surface area (Å²) in [6.45, 7) is 3.04. The van der Waals surface area contributed by atoms with E-state index in [1.54, 1.807) is 10.3 Å². The number of amides is 1. The zero-order valence-electron chi connectivity index (χ0n) is 9.35. The van der Waals surface area contributed by atoms with Crippen molar-refractivity contribution in [1.82, 2.24) is 9.88 Å². The lowest BCUT2D eigenvalue weighted by atomic mass is 10.3. The summed E-state index contributed by atoms with van der Waals surface area (Å²) >= 11 is 1.33. The van der Waals surface area contributed by atoms with Crippen LogP contribution >= 0.6 is 11.3 Å². The Hall–Kier alpha value is -1.14. The molecule has 1 aromatic rings. The molecular weight excluding hydrogens is 226 g/mol. The van der Waals surface area contributed by atoms with Gasteiger partial charge in [0.25, 0.3) is 0 Å². The summed E-state index contributed by atoms with van der Waals surface area (Å²) in [5.74, 6) is -0.0128. The molecule has 0 spiro atoms. The number of aliphatic hydroxyl groups is 1. The molecule has 16 heavy (non-hydrogen) atoms. The highest BCUT2D eigenvalue weighted by Crippen LogP contribution is 2.12. The Morgan fingerprint density at radius 3 is 2.88 bits per heavy atom. The van der Waals surface area contributed by atoms with E-state index in [0.717, 1.165) is 6.42 Å². The minimum Gasteiger partial charge on any atom is -0.395 e. The molecule has 0 saturated carbocycles. The minimum absolute atomic E-state index is 0.00898. The SMILES string of the molecule is CCCN(CCO)C(=O)Cc1csc(N)n1. The van der Waals surface area contributed by atoms with E-state index in [9.17, 15) is 4.79 Å². The van der Waals surface area contributed by atoms with Crippen molar-refractivity contribution in [2.75, 3.05) is 25.4 Å². The van der Waals surface area contributed by atoms with Crippen LogP contribution in [0.4, 0.5) is 5.13 Å². The summed E-state index contributed by atoms with van der Waals surface area (Å²) in [5, 5.41) is 11.1. The zero-order valence-corrected chi connectivity index (χ0v) is 10.2. The zero-order chi connectivity index (χ0) is 12.0. The van der Waals surface area contributed by atoms with Crippen LogP contribution in [0.1, 0.15) is 19.0 Å². The van der Waals surface area contributed by atoms with E-state index >= 15 is 0 Å². The maximum atomic E-state index is 11.8. The number of anilines is 1. The molecule has 1 heterocycles. The Balaban J connectivity index is 2.54. The molecule has 0 aliphatic carbocycles. The number of thiazole rings is 1. The topological polar surface area (TPSA) is 79.5 Å². The molecule has 0 fully saturated rings. The lowest BCUT2D eigenvalue weighted by Crippen LogP contribution is -2.35. The number of hydrogen-bond acceptors (Lipinski definition) is 5. The Morgan fingerprint density at radius 1 is 1.62 bits per heavy atom. The van der Waals surface area contributed by atoms with Gasteiger partial charge < -0.3 is 15.7 Å². The monoisotopic (exact) mass is 243 g/mol. The quantitative estimate of drug-likeness (QED) is 0.762. The highest BCUT2D eigenvalue weighted by atomic mass is 32.1. The number of hydrogen-bond donors (Lipinski definition) is 2. The minimum atomic E-state index is -0.0128. The largest absolute Gasteiger partial charge is 0.395 e. The van der Waals surface area contributed by atoms with Crippen LogP contribution in [0.15, 0.2) is 5.38 Å². The second kappa shape index (κ2) is 6.44. The van der Waals surface area contributed by atoms with Gasteiger partial charge in [0.15, 0.2) is 5.13 Å². The van der Waals surface area contributed by atoms with E-state index in [-0.39, 0.29) is 18.9 Å². The van der Waals surface area contributed by atoms with Gasteiger partial charge in [-0.25, -0.2) is 4.98 Å². The van der Waals surface area contributed by atoms with E-state index in [4.69, 9.17) is 10.8 Å². The van der Waals surface area contributed by atoms with Crippen LogP contribution in [0, 0.1) is 0 Å². The maximum Gasteiger partial charge on any atom is 0.228 e. The van der Waals surface area contributed by atoms with Gasteiger partial charge in [-0.05, 0) is 6.42 Å². The Morgan fingerprint density at radius 2 is 2.38 bits per heavy atom. The molecule has 0 atom stereocenters. The van der Waals surface area contributed by atoms with Crippen molar-refractivity contribution in [2.24, 2.45) is 0 Å². The van der Waals surface area contributed by atoms with Gasteiger partial charge in [0.2, 0.25) is 5.91 Å². The molecule has 0 radical (unpaired) electrons. The Bertz CT molecular complexity index is 335. The van der Waals surface area contributed by atoms with Gasteiger partial charge in [-0.1, -0.05) is 6.92 Å². The van der Waals surface area contributed by atoms with Crippen molar-refractivity contribution < 1.29 is 9.90 Å². The molecule has 1 rings (SSSR count). The molecule has 0 aliphatic rings. The first kappa shape index (κ1) is 12.9. The van der Waals surface area contributed by atoms with Crippen LogP contribution in [0.5, 0.6) is 0 Å². The molecule has 0 saturated heterocycles. The van der Waals surface area contributed by atoms with Gasteiger partial charge in [0.05, 0.1) is 18.7 Å². The van der Waals surface area contributed by atoms with Crippen LogP contribution in [0.25, 0.3) is 0 Å². The van der Waals surface area contributed by atoms with Crippen LogP contribution in [-0.4, -0.2) is 40.6 Å². The summed E-state index contributed by atoms with van der Waals surface area (Å²) in [7, 11) is 0. The standard InChI is InChI=1S/C10H17N3O2S/c1-2-3-13(4-5-14)9(15)6-8-7-16-10(11)12-8/h7,14H,2-6H2,1H3,(H2,11,12). The second-order valence-corrected chi connectivity index (χ2v) is 4.35. The number of nitrogens with zero attached hydrogens (tertiary/aromatic N) is 2. The Labute approximate surface area is 98.9 Å². The number of nitrogen functional groups attached to an aromatic ring is 1. The molecule has 3 N–H and O–H groups in total. The second-order valence-electron chi connectivity index (χ2n) is 3.46. The number of aliphatic hydroxyl groups excluding tert-OH is 1. The summed E-state index contributed by atoms with van der Waals surface area (Å²) in [5.41, 5.74) is 6.19. The fraction of sp³-hybridized carbons (Fsp3) is 0.600. The van der Waals surface area contributed by atoms with Crippen LogP contribution in [0.2, 0.25) is 0 Å². The molecule has 0 bridgehead atoms. The predicted octanol–water partition coefficient (Wildman–Crippen LogP) is 0.499. The molecule has 1 amide bonds. The lowest BCUT2D eigenvalue weighted by molar-refractivity contribution is -0.131. The fourth-order valence-electron chi connectivity index (χ4n) is 1.42. The van der Waals surface area contributed by atoms with E-state index in [1.165, 1.54) is 11.3 Å². The van der Waals surface area contributed by atoms with Gasteiger partial charge in [-0.3, -0.25) is 4.79 Å². The van der Waals surface area contributed by atoms with E-state index in [0.29, 0.717) is 23.9 Å². The molecule has 0 aromatic carbocycles. The van der Waals surface area contributed by atoms with Gasteiger partial charge in [-0.2, -0.15) is 0 Å². The molecule has 0 unspecified atom stereocenters. The summed E-state index contributed by atoms with van der Waals surface area (Å²) < 4.78 is 0. The van der Waals surface area contributed by atoms with Crippen molar-refractivity contribution >= 4 is 22.4 Å². The average Bonchev–Trinajstić information content (AvgIpc) is 2.63. The number of carbonyl (C=O) groups is 1. The van der Waals surface area contributed by atoms with Gasteiger partial charge >= 0.3 is 0 Å². The molecule has 0 aliphatic heterocycles. The van der Waals surface area contributed by atoms with Crippen LogP contribution < -0.4 is 5.73 Å². The molecular formula is C10H17N3O2S. The van der Waals surface area contributed by atoms with E-state index < -0.39 is 0 Å². The summed E-state index contributed by atoms with van der Waals surface area (Å²) in [6, 6.07) is 0. The summed E-state index contributed by atoms with van der Waals surface area (Å²) in [6.07, 6.45) is 1.14. The first-order valence-electron chi connectivity index (χ1n) is 5.26. The van der Waals surface area contributed by atoms with Crippen molar-refractivity contribution in [1.29, 1.82) is 0 Å². The maximum absolute atomic E-state index is 11.8. The highest BCUT2D eigenvalue weighted by Gasteiger charge is 2.13. The highest BCUT2D eigenvalue weighted by molar-refractivity contribution is 7.13. The normalized spacial score (nSPS) is 10.4. The number of aromatic nitrogens is 1.